The summed E-state index contributed by atoms with van der Waals surface area (Å²) >= 11 is 0. The number of aromatic amines is 1. The first-order valence-electron chi connectivity index (χ1n) is 6.42. The standard InChI is InChI=1S/C14H21N3/c1-3-4-14-16-12-8-7-11(6-5-10(2)15)9-13(12)17-14/h7-10H,3-6,15H2,1-2H3,(H,16,17). The van der Waals surface area contributed by atoms with Crippen LogP contribution in [0.15, 0.2) is 18.2 Å². The molecule has 1 atom stereocenters. The highest BCUT2D eigenvalue weighted by atomic mass is 14.9. The van der Waals surface area contributed by atoms with Crippen LogP contribution in [0.1, 0.15) is 38.1 Å². The molecule has 2 rings (SSSR count). The number of aryl methyl sites for hydroxylation is 2. The van der Waals surface area contributed by atoms with Crippen LogP contribution >= 0.6 is 0 Å². The van der Waals surface area contributed by atoms with Gasteiger partial charge in [0.15, 0.2) is 0 Å². The number of rotatable bonds is 5. The summed E-state index contributed by atoms with van der Waals surface area (Å²) in [5, 5.41) is 0. The minimum absolute atomic E-state index is 0.267. The Bertz CT molecular complexity index is 485. The van der Waals surface area contributed by atoms with Gasteiger partial charge in [-0.05, 0) is 43.9 Å². The lowest BCUT2D eigenvalue weighted by atomic mass is 10.1. The first-order chi connectivity index (χ1) is 8.19. The maximum Gasteiger partial charge on any atom is 0.107 e. The Morgan fingerprint density at radius 2 is 2.18 bits per heavy atom. The van der Waals surface area contributed by atoms with Gasteiger partial charge in [0.05, 0.1) is 11.0 Å². The van der Waals surface area contributed by atoms with Gasteiger partial charge in [-0.15, -0.1) is 0 Å². The molecule has 17 heavy (non-hydrogen) atoms. The molecule has 3 nitrogen and oxygen atoms in total. The zero-order valence-corrected chi connectivity index (χ0v) is 10.7. The highest BCUT2D eigenvalue weighted by Gasteiger charge is 2.03. The summed E-state index contributed by atoms with van der Waals surface area (Å²) in [5.74, 6) is 1.09. The zero-order chi connectivity index (χ0) is 12.3. The fourth-order valence-electron chi connectivity index (χ4n) is 2.01. The van der Waals surface area contributed by atoms with Gasteiger partial charge in [-0.1, -0.05) is 13.0 Å². The van der Waals surface area contributed by atoms with Crippen molar-refractivity contribution in [2.24, 2.45) is 5.73 Å². The van der Waals surface area contributed by atoms with E-state index in [-0.39, 0.29) is 6.04 Å². The maximum atomic E-state index is 5.78. The van der Waals surface area contributed by atoms with Crippen LogP contribution in [0, 0.1) is 0 Å². The molecule has 0 saturated heterocycles. The van der Waals surface area contributed by atoms with Crippen molar-refractivity contribution in [3.05, 3.63) is 29.6 Å². The van der Waals surface area contributed by atoms with Crippen LogP contribution in [0.5, 0.6) is 0 Å². The van der Waals surface area contributed by atoms with Gasteiger partial charge >= 0.3 is 0 Å². The van der Waals surface area contributed by atoms with Crippen molar-refractivity contribution in [3.63, 3.8) is 0 Å². The molecule has 3 N–H and O–H groups in total. The van der Waals surface area contributed by atoms with E-state index in [1.807, 2.05) is 6.92 Å². The highest BCUT2D eigenvalue weighted by molar-refractivity contribution is 5.75. The van der Waals surface area contributed by atoms with Crippen molar-refractivity contribution in [2.45, 2.75) is 45.6 Å². The molecule has 0 amide bonds. The van der Waals surface area contributed by atoms with Crippen LogP contribution in [0.25, 0.3) is 11.0 Å². The Kier molecular flexibility index (Phi) is 3.79. The minimum atomic E-state index is 0.267. The molecule has 0 bridgehead atoms. The Morgan fingerprint density at radius 1 is 1.35 bits per heavy atom. The maximum absolute atomic E-state index is 5.78. The van der Waals surface area contributed by atoms with Gasteiger partial charge in [0, 0.05) is 12.5 Å². The Balaban J connectivity index is 2.18. The van der Waals surface area contributed by atoms with Crippen molar-refractivity contribution in [1.82, 2.24) is 9.97 Å². The lowest BCUT2D eigenvalue weighted by Crippen LogP contribution is -2.15. The Morgan fingerprint density at radius 3 is 2.88 bits per heavy atom. The summed E-state index contributed by atoms with van der Waals surface area (Å²) < 4.78 is 0. The third kappa shape index (κ3) is 3.07. The lowest BCUT2D eigenvalue weighted by Gasteiger charge is -2.04. The molecule has 3 heteroatoms. The molecule has 92 valence electrons. The van der Waals surface area contributed by atoms with E-state index in [1.165, 1.54) is 5.56 Å². The van der Waals surface area contributed by atoms with Crippen molar-refractivity contribution in [1.29, 1.82) is 0 Å². The average molecular weight is 231 g/mol. The monoisotopic (exact) mass is 231 g/mol. The van der Waals surface area contributed by atoms with Crippen molar-refractivity contribution in [2.75, 3.05) is 0 Å². The van der Waals surface area contributed by atoms with E-state index in [2.05, 4.69) is 35.1 Å². The van der Waals surface area contributed by atoms with Gasteiger partial charge in [-0.3, -0.25) is 0 Å². The van der Waals surface area contributed by atoms with Crippen molar-refractivity contribution < 1.29 is 0 Å². The van der Waals surface area contributed by atoms with Crippen molar-refractivity contribution in [3.8, 4) is 0 Å². The van der Waals surface area contributed by atoms with Crippen molar-refractivity contribution >= 4 is 11.0 Å². The lowest BCUT2D eigenvalue weighted by molar-refractivity contribution is 0.666. The smallest absolute Gasteiger partial charge is 0.107 e. The van der Waals surface area contributed by atoms with E-state index < -0.39 is 0 Å². The summed E-state index contributed by atoms with van der Waals surface area (Å²) in [6, 6.07) is 6.72. The van der Waals surface area contributed by atoms with Gasteiger partial charge in [-0.25, -0.2) is 4.98 Å². The summed E-state index contributed by atoms with van der Waals surface area (Å²) in [6.07, 6.45) is 4.21. The predicted molar refractivity (Wildman–Crippen MR) is 72.1 cm³/mol. The molecule has 0 fully saturated rings. The number of imidazole rings is 1. The van der Waals surface area contributed by atoms with Crippen LogP contribution in [-0.4, -0.2) is 16.0 Å². The summed E-state index contributed by atoms with van der Waals surface area (Å²) in [6.45, 7) is 4.22. The summed E-state index contributed by atoms with van der Waals surface area (Å²) in [5.41, 5.74) is 9.33. The molecule has 1 aromatic heterocycles. The number of nitrogens with one attached hydrogen (secondary N) is 1. The van der Waals surface area contributed by atoms with Gasteiger partial charge < -0.3 is 10.7 Å². The quantitative estimate of drug-likeness (QED) is 0.831. The normalized spacial score (nSPS) is 13.1. The van der Waals surface area contributed by atoms with Crippen LogP contribution in [0.3, 0.4) is 0 Å². The van der Waals surface area contributed by atoms with E-state index in [0.29, 0.717) is 0 Å². The van der Waals surface area contributed by atoms with Gasteiger partial charge in [0.25, 0.3) is 0 Å². The van der Waals surface area contributed by atoms with E-state index in [4.69, 9.17) is 5.73 Å². The molecule has 1 unspecified atom stereocenters. The van der Waals surface area contributed by atoms with E-state index >= 15 is 0 Å². The average Bonchev–Trinajstić information content (AvgIpc) is 2.68. The second-order valence-electron chi connectivity index (χ2n) is 4.80. The van der Waals surface area contributed by atoms with Gasteiger partial charge in [-0.2, -0.15) is 0 Å². The molecule has 0 radical (unpaired) electrons. The number of hydrogen-bond donors (Lipinski definition) is 2. The molecular weight excluding hydrogens is 210 g/mol. The largest absolute Gasteiger partial charge is 0.342 e. The second kappa shape index (κ2) is 5.32. The third-order valence-electron chi connectivity index (χ3n) is 2.97. The number of benzene rings is 1. The molecule has 2 aromatic rings. The fraction of sp³-hybridized carbons (Fsp3) is 0.500. The van der Waals surface area contributed by atoms with E-state index in [0.717, 1.165) is 42.5 Å². The third-order valence-corrected chi connectivity index (χ3v) is 2.97. The molecule has 0 aliphatic rings. The van der Waals surface area contributed by atoms with Gasteiger partial charge in [0.2, 0.25) is 0 Å². The van der Waals surface area contributed by atoms with E-state index in [1.54, 1.807) is 0 Å². The van der Waals surface area contributed by atoms with E-state index in [9.17, 15) is 0 Å². The number of H-pyrrole nitrogens is 1. The highest BCUT2D eigenvalue weighted by Crippen LogP contribution is 2.16. The summed E-state index contributed by atoms with van der Waals surface area (Å²) in [7, 11) is 0. The minimum Gasteiger partial charge on any atom is -0.342 e. The number of hydrogen-bond acceptors (Lipinski definition) is 2. The first kappa shape index (κ1) is 12.1. The molecule has 0 aliphatic heterocycles. The van der Waals surface area contributed by atoms with Crippen LogP contribution in [-0.2, 0) is 12.8 Å². The predicted octanol–water partition coefficient (Wildman–Crippen LogP) is 2.80. The van der Waals surface area contributed by atoms with Gasteiger partial charge in [0.1, 0.15) is 5.82 Å². The topological polar surface area (TPSA) is 54.7 Å². The van der Waals surface area contributed by atoms with Crippen LogP contribution in [0.4, 0.5) is 0 Å². The molecule has 1 aromatic carbocycles. The Labute approximate surface area is 102 Å². The molecule has 0 aliphatic carbocycles. The fourth-order valence-corrected chi connectivity index (χ4v) is 2.01. The number of aromatic nitrogens is 2. The van der Waals surface area contributed by atoms with Crippen LogP contribution < -0.4 is 5.73 Å². The SMILES string of the molecule is CCCc1nc2ccc(CCC(C)N)cc2[nH]1. The molecule has 1 heterocycles. The molecule has 0 saturated carbocycles. The van der Waals surface area contributed by atoms with Crippen LogP contribution in [0.2, 0.25) is 0 Å². The number of fused-ring (bicyclic) bond motifs is 1. The second-order valence-corrected chi connectivity index (χ2v) is 4.80. The number of nitrogens with zero attached hydrogens (tertiary/aromatic N) is 1. The first-order valence-corrected chi connectivity index (χ1v) is 6.42. The molecule has 0 spiro atoms. The Hall–Kier alpha value is -1.35. The zero-order valence-electron chi connectivity index (χ0n) is 10.7. The number of nitrogens with two attached hydrogens (primary N) is 1. The summed E-state index contributed by atoms with van der Waals surface area (Å²) in [4.78, 5) is 7.94. The molecular formula is C14H21N3.